The van der Waals surface area contributed by atoms with Gasteiger partial charge >= 0.3 is 0 Å². The lowest BCUT2D eigenvalue weighted by molar-refractivity contribution is 0.0946. The van der Waals surface area contributed by atoms with Crippen LogP contribution in [0.4, 0.5) is 0 Å². The minimum atomic E-state index is 0.0436. The number of nitrogens with one attached hydrogen (secondary N) is 1. The quantitative estimate of drug-likeness (QED) is 0.859. The fraction of sp³-hybridized carbons (Fsp3) is 0.375. The van der Waals surface area contributed by atoms with Gasteiger partial charge in [-0.3, -0.25) is 4.79 Å². The minimum absolute atomic E-state index is 0.0436. The Labute approximate surface area is 117 Å². The number of hydrogen-bond acceptors (Lipinski definition) is 2. The molecule has 0 unspecified atom stereocenters. The van der Waals surface area contributed by atoms with Crippen molar-refractivity contribution < 1.29 is 4.79 Å². The zero-order valence-electron chi connectivity index (χ0n) is 11.4. The Kier molecular flexibility index (Phi) is 2.62. The van der Waals surface area contributed by atoms with Crippen LogP contribution >= 0.6 is 0 Å². The highest BCUT2D eigenvalue weighted by molar-refractivity contribution is 5.97. The van der Waals surface area contributed by atoms with Crippen molar-refractivity contribution in [3.8, 4) is 5.69 Å². The zero-order valence-corrected chi connectivity index (χ0v) is 11.4. The SMILES string of the molecule is O=C1NCCc2ccc(-n3cnc4c3CCCC4)cc21. The summed E-state index contributed by atoms with van der Waals surface area (Å²) in [6, 6.07) is 6.19. The Morgan fingerprint density at radius 3 is 3.00 bits per heavy atom. The first-order valence-corrected chi connectivity index (χ1v) is 7.29. The van der Waals surface area contributed by atoms with E-state index >= 15 is 0 Å². The molecule has 1 aromatic carbocycles. The predicted molar refractivity (Wildman–Crippen MR) is 76.2 cm³/mol. The van der Waals surface area contributed by atoms with Crippen molar-refractivity contribution in [1.29, 1.82) is 0 Å². The Hall–Kier alpha value is -2.10. The molecule has 0 saturated carbocycles. The average Bonchev–Trinajstić information content (AvgIpc) is 2.91. The molecule has 1 aromatic heterocycles. The van der Waals surface area contributed by atoms with Gasteiger partial charge in [-0.2, -0.15) is 0 Å². The highest BCUT2D eigenvalue weighted by Gasteiger charge is 2.20. The van der Waals surface area contributed by atoms with Crippen LogP contribution in [0.15, 0.2) is 24.5 Å². The zero-order chi connectivity index (χ0) is 13.5. The maximum Gasteiger partial charge on any atom is 0.251 e. The monoisotopic (exact) mass is 267 g/mol. The van der Waals surface area contributed by atoms with E-state index in [2.05, 4.69) is 27.0 Å². The summed E-state index contributed by atoms with van der Waals surface area (Å²) in [5, 5.41) is 2.91. The summed E-state index contributed by atoms with van der Waals surface area (Å²) in [6.45, 7) is 0.742. The number of fused-ring (bicyclic) bond motifs is 2. The second kappa shape index (κ2) is 4.47. The predicted octanol–water partition coefficient (Wildman–Crippen LogP) is 2.04. The lowest BCUT2D eigenvalue weighted by Crippen LogP contribution is -2.31. The van der Waals surface area contributed by atoms with Crippen LogP contribution in [0.25, 0.3) is 5.69 Å². The molecule has 1 aliphatic carbocycles. The molecule has 2 aliphatic rings. The van der Waals surface area contributed by atoms with Crippen LogP contribution in [0.5, 0.6) is 0 Å². The summed E-state index contributed by atoms with van der Waals surface area (Å²) in [4.78, 5) is 16.5. The number of hydrogen-bond donors (Lipinski definition) is 1. The Balaban J connectivity index is 1.81. The topological polar surface area (TPSA) is 46.9 Å². The summed E-state index contributed by atoms with van der Waals surface area (Å²) in [6.07, 6.45) is 7.44. The second-order valence-electron chi connectivity index (χ2n) is 5.56. The molecular weight excluding hydrogens is 250 g/mol. The molecule has 4 rings (SSSR count). The smallest absolute Gasteiger partial charge is 0.251 e. The van der Waals surface area contributed by atoms with Gasteiger partial charge in [-0.15, -0.1) is 0 Å². The van der Waals surface area contributed by atoms with E-state index in [0.29, 0.717) is 0 Å². The van der Waals surface area contributed by atoms with Crippen molar-refractivity contribution in [2.45, 2.75) is 32.1 Å². The molecule has 20 heavy (non-hydrogen) atoms. The molecule has 102 valence electrons. The lowest BCUT2D eigenvalue weighted by atomic mass is 9.98. The largest absolute Gasteiger partial charge is 0.352 e. The van der Waals surface area contributed by atoms with E-state index < -0.39 is 0 Å². The molecule has 2 heterocycles. The van der Waals surface area contributed by atoms with Crippen molar-refractivity contribution in [3.05, 3.63) is 47.0 Å². The molecule has 1 N–H and O–H groups in total. The van der Waals surface area contributed by atoms with Gasteiger partial charge in [-0.05, 0) is 49.8 Å². The number of imidazole rings is 1. The molecule has 0 fully saturated rings. The minimum Gasteiger partial charge on any atom is -0.352 e. The number of aryl methyl sites for hydroxylation is 1. The first kappa shape index (κ1) is 11.7. The molecule has 0 bridgehead atoms. The Morgan fingerprint density at radius 2 is 2.05 bits per heavy atom. The van der Waals surface area contributed by atoms with Gasteiger partial charge < -0.3 is 9.88 Å². The third-order valence-electron chi connectivity index (χ3n) is 4.33. The number of rotatable bonds is 1. The molecule has 1 amide bonds. The third-order valence-corrected chi connectivity index (χ3v) is 4.33. The molecule has 0 saturated heterocycles. The second-order valence-corrected chi connectivity index (χ2v) is 5.56. The van der Waals surface area contributed by atoms with Crippen molar-refractivity contribution in [3.63, 3.8) is 0 Å². The summed E-state index contributed by atoms with van der Waals surface area (Å²) in [7, 11) is 0. The molecule has 2 aromatic rings. The normalized spacial score (nSPS) is 17.3. The van der Waals surface area contributed by atoms with Gasteiger partial charge in [0.05, 0.1) is 12.0 Å². The summed E-state index contributed by atoms with van der Waals surface area (Å²) >= 11 is 0. The van der Waals surface area contributed by atoms with Gasteiger partial charge in [-0.1, -0.05) is 6.07 Å². The van der Waals surface area contributed by atoms with E-state index in [-0.39, 0.29) is 5.91 Å². The van der Waals surface area contributed by atoms with Gasteiger partial charge in [0, 0.05) is 23.5 Å². The number of benzene rings is 1. The Bertz CT molecular complexity index is 687. The van der Waals surface area contributed by atoms with Crippen LogP contribution in [0, 0.1) is 0 Å². The molecule has 4 nitrogen and oxygen atoms in total. The number of carbonyl (C=O) groups excluding carboxylic acids is 1. The van der Waals surface area contributed by atoms with E-state index in [9.17, 15) is 4.79 Å². The summed E-state index contributed by atoms with van der Waals surface area (Å²) < 4.78 is 2.15. The fourth-order valence-electron chi connectivity index (χ4n) is 3.24. The number of aromatic nitrogens is 2. The van der Waals surface area contributed by atoms with Gasteiger partial charge in [0.1, 0.15) is 0 Å². The van der Waals surface area contributed by atoms with Gasteiger partial charge in [0.25, 0.3) is 5.91 Å². The van der Waals surface area contributed by atoms with E-state index in [1.54, 1.807) is 0 Å². The van der Waals surface area contributed by atoms with Crippen LogP contribution < -0.4 is 5.32 Å². The average molecular weight is 267 g/mol. The van der Waals surface area contributed by atoms with Crippen LogP contribution in [-0.4, -0.2) is 22.0 Å². The van der Waals surface area contributed by atoms with Gasteiger partial charge in [0.2, 0.25) is 0 Å². The number of amides is 1. The van der Waals surface area contributed by atoms with Crippen molar-refractivity contribution in [2.75, 3.05) is 6.54 Å². The molecule has 0 spiro atoms. The fourth-order valence-corrected chi connectivity index (χ4v) is 3.24. The van der Waals surface area contributed by atoms with Gasteiger partial charge in [0.15, 0.2) is 0 Å². The maximum absolute atomic E-state index is 12.0. The highest BCUT2D eigenvalue weighted by Crippen LogP contribution is 2.25. The molecular formula is C16H17N3O. The van der Waals surface area contributed by atoms with E-state index in [0.717, 1.165) is 42.6 Å². The highest BCUT2D eigenvalue weighted by atomic mass is 16.1. The summed E-state index contributed by atoms with van der Waals surface area (Å²) in [5.74, 6) is 0.0436. The number of carbonyl (C=O) groups is 1. The van der Waals surface area contributed by atoms with Crippen LogP contribution in [0.3, 0.4) is 0 Å². The van der Waals surface area contributed by atoms with Crippen LogP contribution in [0.2, 0.25) is 0 Å². The first-order valence-electron chi connectivity index (χ1n) is 7.29. The molecule has 1 aliphatic heterocycles. The standard InChI is InChI=1S/C16H17N3O/c20-16-13-9-12(6-5-11(13)7-8-17-16)19-10-18-14-3-1-2-4-15(14)19/h5-6,9-10H,1-4,7-8H2,(H,17,20). The third kappa shape index (κ3) is 1.75. The van der Waals surface area contributed by atoms with E-state index in [1.807, 2.05) is 12.4 Å². The van der Waals surface area contributed by atoms with Crippen molar-refractivity contribution >= 4 is 5.91 Å². The molecule has 0 radical (unpaired) electrons. The maximum atomic E-state index is 12.0. The lowest BCUT2D eigenvalue weighted by Gasteiger charge is -2.19. The van der Waals surface area contributed by atoms with E-state index in [4.69, 9.17) is 0 Å². The van der Waals surface area contributed by atoms with Crippen molar-refractivity contribution in [1.82, 2.24) is 14.9 Å². The Morgan fingerprint density at radius 1 is 1.15 bits per heavy atom. The number of nitrogens with zero attached hydrogens (tertiary/aromatic N) is 2. The first-order chi connectivity index (χ1) is 9.83. The van der Waals surface area contributed by atoms with E-state index in [1.165, 1.54) is 24.2 Å². The molecule has 0 atom stereocenters. The van der Waals surface area contributed by atoms with Gasteiger partial charge in [-0.25, -0.2) is 4.98 Å². The van der Waals surface area contributed by atoms with Crippen LogP contribution in [0.1, 0.15) is 40.2 Å². The van der Waals surface area contributed by atoms with Crippen LogP contribution in [-0.2, 0) is 19.3 Å². The molecule has 4 heteroatoms. The van der Waals surface area contributed by atoms with Crippen molar-refractivity contribution in [2.24, 2.45) is 0 Å². The summed E-state index contributed by atoms with van der Waals surface area (Å²) in [5.41, 5.74) is 5.54.